The van der Waals surface area contributed by atoms with Crippen molar-refractivity contribution in [2.45, 2.75) is 32.6 Å². The van der Waals surface area contributed by atoms with Gasteiger partial charge in [0, 0.05) is 30.0 Å². The van der Waals surface area contributed by atoms with E-state index < -0.39 is 0 Å². The van der Waals surface area contributed by atoms with Gasteiger partial charge in [-0.1, -0.05) is 74.5 Å². The minimum absolute atomic E-state index is 0.109. The van der Waals surface area contributed by atoms with Gasteiger partial charge in [-0.3, -0.25) is 14.4 Å². The van der Waals surface area contributed by atoms with Gasteiger partial charge in [0.25, 0.3) is 5.91 Å². The van der Waals surface area contributed by atoms with E-state index in [1.54, 1.807) is 36.8 Å². The molecule has 0 saturated carbocycles. The molecule has 0 spiro atoms. The number of ether oxygens (including phenoxy) is 1. The largest absolute Gasteiger partial charge is 0.497 e. The zero-order valence-electron chi connectivity index (χ0n) is 24.8. The fourth-order valence-electron chi connectivity index (χ4n) is 4.83. The number of anilines is 1. The van der Waals surface area contributed by atoms with Gasteiger partial charge in [0.05, 0.1) is 19.2 Å². The van der Waals surface area contributed by atoms with Crippen LogP contribution < -0.4 is 15.4 Å². The molecule has 224 valence electrons. The van der Waals surface area contributed by atoms with E-state index in [9.17, 15) is 14.4 Å². The predicted octanol–water partition coefficient (Wildman–Crippen LogP) is 5.77. The maximum Gasteiger partial charge on any atom is 0.254 e. The molecule has 43 heavy (non-hydrogen) atoms. The molecular formula is C34H38N4O4S. The number of amides is 3. The van der Waals surface area contributed by atoms with Crippen LogP contribution in [0.1, 0.15) is 53.4 Å². The molecule has 0 aliphatic carbocycles. The second kappa shape index (κ2) is 15.7. The second-order valence-corrected chi connectivity index (χ2v) is 11.5. The molecule has 2 N–H and O–H groups in total. The summed E-state index contributed by atoms with van der Waals surface area (Å²) in [6, 6.07) is 27.4. The van der Waals surface area contributed by atoms with Crippen LogP contribution >= 0.6 is 11.3 Å². The van der Waals surface area contributed by atoms with Gasteiger partial charge < -0.3 is 20.3 Å². The van der Waals surface area contributed by atoms with E-state index in [4.69, 9.17) is 4.74 Å². The van der Waals surface area contributed by atoms with Crippen LogP contribution in [0, 0.1) is 5.92 Å². The molecule has 0 saturated heterocycles. The molecule has 0 unspecified atom stereocenters. The van der Waals surface area contributed by atoms with Crippen molar-refractivity contribution in [3.63, 3.8) is 0 Å². The Kier molecular flexibility index (Phi) is 11.4. The molecule has 1 heterocycles. The summed E-state index contributed by atoms with van der Waals surface area (Å²) < 4.78 is 5.17. The maximum atomic E-state index is 13.1. The average molecular weight is 599 g/mol. The van der Waals surface area contributed by atoms with Crippen LogP contribution in [-0.2, 0) is 16.0 Å². The van der Waals surface area contributed by atoms with Crippen LogP contribution in [0.4, 0.5) is 5.13 Å². The lowest BCUT2D eigenvalue weighted by molar-refractivity contribution is -0.120. The van der Waals surface area contributed by atoms with Crippen LogP contribution in [0.15, 0.2) is 90.3 Å². The number of hydrogen-bond acceptors (Lipinski definition) is 6. The molecule has 9 heteroatoms. The van der Waals surface area contributed by atoms with Gasteiger partial charge in [-0.05, 0) is 47.7 Å². The van der Waals surface area contributed by atoms with E-state index in [1.165, 1.54) is 27.4 Å². The Morgan fingerprint density at radius 3 is 2.09 bits per heavy atom. The molecule has 0 radical (unpaired) electrons. The van der Waals surface area contributed by atoms with E-state index in [1.807, 2.05) is 50.2 Å². The van der Waals surface area contributed by atoms with Gasteiger partial charge in [0.2, 0.25) is 11.8 Å². The highest BCUT2D eigenvalue weighted by Crippen LogP contribution is 2.27. The zero-order chi connectivity index (χ0) is 30.6. The number of thiazole rings is 1. The first kappa shape index (κ1) is 31.4. The number of methoxy groups -OCH3 is 1. The maximum absolute atomic E-state index is 13.1. The molecule has 0 bridgehead atoms. The summed E-state index contributed by atoms with van der Waals surface area (Å²) in [5.74, 6) is 0.301. The molecule has 1 aromatic heterocycles. The van der Waals surface area contributed by atoms with E-state index in [0.29, 0.717) is 35.2 Å². The van der Waals surface area contributed by atoms with Gasteiger partial charge in [-0.25, -0.2) is 4.98 Å². The van der Waals surface area contributed by atoms with Crippen molar-refractivity contribution >= 4 is 34.2 Å². The van der Waals surface area contributed by atoms with Crippen molar-refractivity contribution in [2.75, 3.05) is 32.1 Å². The summed E-state index contributed by atoms with van der Waals surface area (Å²) in [6.45, 7) is 4.83. The molecule has 0 aliphatic heterocycles. The molecule has 0 atom stereocenters. The lowest BCUT2D eigenvalue weighted by Crippen LogP contribution is -2.40. The van der Waals surface area contributed by atoms with Gasteiger partial charge in [0.1, 0.15) is 12.3 Å². The van der Waals surface area contributed by atoms with E-state index in [-0.39, 0.29) is 42.5 Å². The van der Waals surface area contributed by atoms with Crippen LogP contribution in [-0.4, -0.2) is 54.3 Å². The first-order valence-corrected chi connectivity index (χ1v) is 15.2. The Balaban J connectivity index is 1.28. The van der Waals surface area contributed by atoms with Gasteiger partial charge >= 0.3 is 0 Å². The molecule has 3 aromatic carbocycles. The van der Waals surface area contributed by atoms with E-state index in [2.05, 4.69) is 39.9 Å². The molecule has 0 fully saturated rings. The quantitative estimate of drug-likeness (QED) is 0.192. The Hall–Kier alpha value is -4.50. The fraction of sp³-hybridized carbons (Fsp3) is 0.294. The Labute approximate surface area is 257 Å². The zero-order valence-corrected chi connectivity index (χ0v) is 25.6. The number of aromatic nitrogens is 1. The van der Waals surface area contributed by atoms with Crippen molar-refractivity contribution in [3.05, 3.63) is 113 Å². The van der Waals surface area contributed by atoms with Crippen LogP contribution in [0.2, 0.25) is 0 Å². The Morgan fingerprint density at radius 1 is 0.884 bits per heavy atom. The first-order valence-electron chi connectivity index (χ1n) is 14.4. The molecular weight excluding hydrogens is 560 g/mol. The van der Waals surface area contributed by atoms with E-state index in [0.717, 1.165) is 6.42 Å². The van der Waals surface area contributed by atoms with Crippen LogP contribution in [0.5, 0.6) is 5.75 Å². The van der Waals surface area contributed by atoms with Crippen LogP contribution in [0.25, 0.3) is 0 Å². The smallest absolute Gasteiger partial charge is 0.254 e. The summed E-state index contributed by atoms with van der Waals surface area (Å²) >= 11 is 1.25. The minimum Gasteiger partial charge on any atom is -0.497 e. The lowest BCUT2D eigenvalue weighted by atomic mass is 9.88. The average Bonchev–Trinajstić information content (AvgIpc) is 3.45. The molecule has 4 rings (SSSR count). The number of rotatable bonds is 14. The highest BCUT2D eigenvalue weighted by molar-refractivity contribution is 7.13. The third-order valence-corrected chi connectivity index (χ3v) is 7.65. The number of hydrogen-bond donors (Lipinski definition) is 2. The van der Waals surface area contributed by atoms with Gasteiger partial charge in [-0.2, -0.15) is 0 Å². The van der Waals surface area contributed by atoms with E-state index >= 15 is 0 Å². The topological polar surface area (TPSA) is 101 Å². The minimum atomic E-state index is -0.347. The fourth-order valence-corrected chi connectivity index (χ4v) is 5.56. The van der Waals surface area contributed by atoms with Crippen molar-refractivity contribution in [1.29, 1.82) is 0 Å². The normalized spacial score (nSPS) is 10.9. The summed E-state index contributed by atoms with van der Waals surface area (Å²) in [4.78, 5) is 44.7. The first-order chi connectivity index (χ1) is 20.8. The monoisotopic (exact) mass is 598 g/mol. The van der Waals surface area contributed by atoms with Gasteiger partial charge in [0.15, 0.2) is 5.13 Å². The number of carbonyl (C=O) groups excluding carboxylic acids is 3. The number of carbonyl (C=O) groups is 3. The number of benzene rings is 3. The second-order valence-electron chi connectivity index (χ2n) is 10.7. The molecule has 3 amide bonds. The lowest BCUT2D eigenvalue weighted by Gasteiger charge is -2.24. The standard InChI is InChI=1S/C34H38N4O4S/c1-24(2)21-38(33(41)27-14-16-29(42-3)17-15-27)22-32(40)37-34-36-28(23-43-34)20-31(39)35-19-18-30(25-10-6-4-7-11-25)26-12-8-5-9-13-26/h4-17,23-24,30H,18-22H2,1-3H3,(H,35,39)(H,36,37,40). The van der Waals surface area contributed by atoms with Gasteiger partial charge in [-0.15, -0.1) is 11.3 Å². The Bertz CT molecular complexity index is 1430. The van der Waals surface area contributed by atoms with Crippen LogP contribution in [0.3, 0.4) is 0 Å². The molecule has 0 aliphatic rings. The highest BCUT2D eigenvalue weighted by atomic mass is 32.1. The van der Waals surface area contributed by atoms with Crippen molar-refractivity contribution in [1.82, 2.24) is 15.2 Å². The van der Waals surface area contributed by atoms with Crippen molar-refractivity contribution in [3.8, 4) is 5.75 Å². The van der Waals surface area contributed by atoms with Crippen molar-refractivity contribution in [2.24, 2.45) is 5.92 Å². The summed E-state index contributed by atoms with van der Waals surface area (Å²) in [7, 11) is 1.57. The number of nitrogens with zero attached hydrogens (tertiary/aromatic N) is 2. The Morgan fingerprint density at radius 2 is 1.51 bits per heavy atom. The third kappa shape index (κ3) is 9.51. The predicted molar refractivity (Wildman–Crippen MR) is 171 cm³/mol. The summed E-state index contributed by atoms with van der Waals surface area (Å²) in [5, 5.41) is 7.95. The summed E-state index contributed by atoms with van der Waals surface area (Å²) in [6.07, 6.45) is 0.878. The molecule has 8 nitrogen and oxygen atoms in total. The third-order valence-electron chi connectivity index (χ3n) is 6.84. The molecule has 4 aromatic rings. The van der Waals surface area contributed by atoms with Crippen molar-refractivity contribution < 1.29 is 19.1 Å². The SMILES string of the molecule is COc1ccc(C(=O)N(CC(=O)Nc2nc(CC(=O)NCCC(c3ccccc3)c3ccccc3)cs2)CC(C)C)cc1. The number of nitrogens with one attached hydrogen (secondary N) is 2. The highest BCUT2D eigenvalue weighted by Gasteiger charge is 2.21. The summed E-state index contributed by atoms with van der Waals surface area (Å²) in [5.41, 5.74) is 3.48.